The van der Waals surface area contributed by atoms with Gasteiger partial charge in [0.15, 0.2) is 5.11 Å². The number of benzene rings is 2. The minimum absolute atomic E-state index is 0.0245. The molecule has 4 aromatic rings. The van der Waals surface area contributed by atoms with E-state index in [1.165, 1.54) is 44.9 Å². The lowest BCUT2D eigenvalue weighted by Gasteiger charge is -2.29. The monoisotopic (exact) mass is 494 g/mol. The van der Waals surface area contributed by atoms with Crippen molar-refractivity contribution in [2.75, 3.05) is 4.90 Å². The third-order valence-electron chi connectivity index (χ3n) is 7.58. The number of para-hydroxylation sites is 1. The normalized spacial score (nSPS) is 17.5. The van der Waals surface area contributed by atoms with Crippen molar-refractivity contribution < 1.29 is 0 Å². The summed E-state index contributed by atoms with van der Waals surface area (Å²) in [4.78, 5) is 7.02. The zero-order valence-electron chi connectivity index (χ0n) is 22.0. The Morgan fingerprint density at radius 2 is 1.69 bits per heavy atom. The number of pyridine rings is 1. The molecule has 0 amide bonds. The number of nitrogens with one attached hydrogen (secondary N) is 1. The number of hydrogen-bond acceptors (Lipinski definition) is 2. The molecule has 5 rings (SSSR count). The summed E-state index contributed by atoms with van der Waals surface area (Å²) in [7, 11) is 0. The van der Waals surface area contributed by atoms with Crippen LogP contribution in [-0.2, 0) is 6.42 Å². The van der Waals surface area contributed by atoms with Crippen molar-refractivity contribution in [1.29, 1.82) is 0 Å². The fourth-order valence-electron chi connectivity index (χ4n) is 5.58. The average molecular weight is 495 g/mol. The summed E-state index contributed by atoms with van der Waals surface area (Å²) >= 11 is 5.97. The summed E-state index contributed by atoms with van der Waals surface area (Å²) in [6, 6.07) is 21.6. The summed E-state index contributed by atoms with van der Waals surface area (Å²) in [6.45, 7) is 13.2. The predicted octanol–water partition coefficient (Wildman–Crippen LogP) is 7.15. The highest BCUT2D eigenvalue weighted by Crippen LogP contribution is 2.44. The van der Waals surface area contributed by atoms with Crippen LogP contribution in [0.3, 0.4) is 0 Å². The van der Waals surface area contributed by atoms with E-state index in [9.17, 15) is 0 Å². The van der Waals surface area contributed by atoms with Gasteiger partial charge in [0.1, 0.15) is 0 Å². The van der Waals surface area contributed by atoms with E-state index < -0.39 is 0 Å². The summed E-state index contributed by atoms with van der Waals surface area (Å²) in [6.07, 6.45) is 2.85. The van der Waals surface area contributed by atoms with Crippen LogP contribution in [0.4, 0.5) is 5.69 Å². The highest BCUT2D eigenvalue weighted by Gasteiger charge is 2.42. The molecule has 2 aromatic heterocycles. The molecule has 2 atom stereocenters. The van der Waals surface area contributed by atoms with Gasteiger partial charge >= 0.3 is 0 Å². The molecule has 4 nitrogen and oxygen atoms in total. The van der Waals surface area contributed by atoms with Gasteiger partial charge in [0, 0.05) is 23.3 Å². The Kier molecular flexibility index (Phi) is 6.44. The van der Waals surface area contributed by atoms with Crippen LogP contribution < -0.4 is 10.2 Å². The van der Waals surface area contributed by atoms with E-state index >= 15 is 0 Å². The molecular formula is C31H34N4S. The van der Waals surface area contributed by atoms with Crippen LogP contribution in [0.2, 0.25) is 0 Å². The van der Waals surface area contributed by atoms with E-state index in [2.05, 4.69) is 105 Å². The van der Waals surface area contributed by atoms with Gasteiger partial charge in [0.2, 0.25) is 0 Å². The lowest BCUT2D eigenvalue weighted by Crippen LogP contribution is -2.29. The van der Waals surface area contributed by atoms with Crippen molar-refractivity contribution >= 4 is 23.0 Å². The first-order valence-electron chi connectivity index (χ1n) is 12.7. The van der Waals surface area contributed by atoms with Crippen molar-refractivity contribution in [3.63, 3.8) is 0 Å². The maximum Gasteiger partial charge on any atom is 0.174 e. The first-order chi connectivity index (χ1) is 17.3. The summed E-state index contributed by atoms with van der Waals surface area (Å²) in [5.74, 6) is 0. The standard InChI is InChI=1S/C31H34N4S/c1-7-24-12-10-11-20(3)29(24)34-22(5)18-26(23(34)6)30-28(27-13-8-9-16-32-27)33-31(36)35(30)25-15-14-19(2)21(4)17-25/h8-18,28,30H,7H2,1-6H3,(H,33,36)/t28-,30+/m0/s1. The molecule has 0 aliphatic carbocycles. The van der Waals surface area contributed by atoms with Crippen molar-refractivity contribution in [3.8, 4) is 5.69 Å². The lowest BCUT2D eigenvalue weighted by atomic mass is 9.96. The molecule has 0 radical (unpaired) electrons. The molecule has 5 heteroatoms. The van der Waals surface area contributed by atoms with E-state index in [1.54, 1.807) is 0 Å². The second-order valence-corrected chi connectivity index (χ2v) is 10.2. The molecule has 3 heterocycles. The predicted molar refractivity (Wildman–Crippen MR) is 153 cm³/mol. The van der Waals surface area contributed by atoms with Gasteiger partial charge in [0.05, 0.1) is 23.5 Å². The maximum atomic E-state index is 5.97. The Hall–Kier alpha value is -3.44. The number of nitrogens with zero attached hydrogens (tertiary/aromatic N) is 3. The molecule has 1 saturated heterocycles. The van der Waals surface area contributed by atoms with Gasteiger partial charge in [-0.3, -0.25) is 4.98 Å². The largest absolute Gasteiger partial charge is 0.351 e. The third-order valence-corrected chi connectivity index (χ3v) is 7.90. The van der Waals surface area contributed by atoms with Crippen molar-refractivity contribution in [2.24, 2.45) is 0 Å². The van der Waals surface area contributed by atoms with Gasteiger partial charge < -0.3 is 14.8 Å². The van der Waals surface area contributed by atoms with Crippen LogP contribution in [0.25, 0.3) is 5.69 Å². The topological polar surface area (TPSA) is 33.1 Å². The molecular weight excluding hydrogens is 460 g/mol. The SMILES string of the molecule is CCc1cccc(C)c1-n1c(C)cc([C@@H]2[C@H](c3ccccn3)NC(=S)N2c2ccc(C)c(C)c2)c1C. The summed E-state index contributed by atoms with van der Waals surface area (Å²) < 4.78 is 2.43. The lowest BCUT2D eigenvalue weighted by molar-refractivity contribution is 0.565. The molecule has 0 unspecified atom stereocenters. The van der Waals surface area contributed by atoms with Gasteiger partial charge in [-0.1, -0.05) is 37.3 Å². The Balaban J connectivity index is 1.72. The van der Waals surface area contributed by atoms with Gasteiger partial charge in [-0.25, -0.2) is 0 Å². The number of thiocarbonyl (C=S) groups is 1. The molecule has 184 valence electrons. The van der Waals surface area contributed by atoms with Crippen LogP contribution in [0.15, 0.2) is 66.9 Å². The van der Waals surface area contributed by atoms with E-state index in [-0.39, 0.29) is 12.1 Å². The highest BCUT2D eigenvalue weighted by atomic mass is 32.1. The summed E-state index contributed by atoms with van der Waals surface area (Å²) in [5.41, 5.74) is 12.3. The van der Waals surface area contributed by atoms with Gasteiger partial charge in [-0.05, 0) is 111 Å². The van der Waals surface area contributed by atoms with Gasteiger partial charge in [0.25, 0.3) is 0 Å². The van der Waals surface area contributed by atoms with Crippen molar-refractivity contribution in [2.45, 2.75) is 60.0 Å². The first kappa shape index (κ1) is 24.3. The van der Waals surface area contributed by atoms with E-state index in [1.807, 2.05) is 18.3 Å². The Bertz CT molecular complexity index is 1440. The minimum atomic E-state index is -0.0585. The fourth-order valence-corrected chi connectivity index (χ4v) is 5.93. The molecule has 0 saturated carbocycles. The minimum Gasteiger partial charge on any atom is -0.351 e. The molecule has 1 fully saturated rings. The van der Waals surface area contributed by atoms with Crippen LogP contribution >= 0.6 is 12.2 Å². The molecule has 1 aliphatic rings. The van der Waals surface area contributed by atoms with E-state index in [0.717, 1.165) is 22.9 Å². The smallest absolute Gasteiger partial charge is 0.174 e. The third kappa shape index (κ3) is 4.01. The van der Waals surface area contributed by atoms with Gasteiger partial charge in [-0.2, -0.15) is 0 Å². The molecule has 2 aromatic carbocycles. The molecule has 36 heavy (non-hydrogen) atoms. The summed E-state index contributed by atoms with van der Waals surface area (Å²) in [5, 5.41) is 4.35. The van der Waals surface area contributed by atoms with Crippen LogP contribution in [-0.4, -0.2) is 14.7 Å². The zero-order chi connectivity index (χ0) is 25.6. The fraction of sp³-hybridized carbons (Fsp3) is 0.290. The van der Waals surface area contributed by atoms with Crippen LogP contribution in [0.1, 0.15) is 63.9 Å². The average Bonchev–Trinajstić information content (AvgIpc) is 3.36. The number of rotatable bonds is 5. The van der Waals surface area contributed by atoms with E-state index in [4.69, 9.17) is 17.2 Å². The number of anilines is 1. The Morgan fingerprint density at radius 1 is 0.889 bits per heavy atom. The van der Waals surface area contributed by atoms with Crippen molar-refractivity contribution in [1.82, 2.24) is 14.9 Å². The Labute approximate surface area is 220 Å². The van der Waals surface area contributed by atoms with Crippen molar-refractivity contribution in [3.05, 3.63) is 112 Å². The Morgan fingerprint density at radius 3 is 2.39 bits per heavy atom. The number of aryl methyl sites for hydroxylation is 5. The second-order valence-electron chi connectivity index (χ2n) is 9.86. The first-order valence-corrected chi connectivity index (χ1v) is 13.1. The quantitative estimate of drug-likeness (QED) is 0.299. The molecule has 0 bridgehead atoms. The maximum absolute atomic E-state index is 5.97. The molecule has 1 aliphatic heterocycles. The highest BCUT2D eigenvalue weighted by molar-refractivity contribution is 7.80. The second kappa shape index (κ2) is 9.55. The molecule has 1 N–H and O–H groups in total. The zero-order valence-corrected chi connectivity index (χ0v) is 22.8. The number of aromatic nitrogens is 2. The van der Waals surface area contributed by atoms with E-state index in [0.29, 0.717) is 0 Å². The number of hydrogen-bond donors (Lipinski definition) is 1. The van der Waals surface area contributed by atoms with Crippen LogP contribution in [0.5, 0.6) is 0 Å². The molecule has 0 spiro atoms. The van der Waals surface area contributed by atoms with Crippen LogP contribution in [0, 0.1) is 34.6 Å². The van der Waals surface area contributed by atoms with Gasteiger partial charge in [-0.15, -0.1) is 0 Å².